The van der Waals surface area contributed by atoms with Gasteiger partial charge in [0.25, 0.3) is 10.0 Å². The number of nitrogens with one attached hydrogen (secondary N) is 2. The SMILES string of the molecule is CN=C(NCCN(C)S(=O)(=O)c1cccs1)NCC1(C)CCCO1. The molecule has 24 heavy (non-hydrogen) atoms. The van der Waals surface area contributed by atoms with Crippen molar-refractivity contribution in [2.24, 2.45) is 4.99 Å². The molecule has 2 heterocycles. The van der Waals surface area contributed by atoms with E-state index < -0.39 is 10.0 Å². The Morgan fingerprint density at radius 1 is 1.50 bits per heavy atom. The Labute approximate surface area is 148 Å². The molecule has 1 aromatic rings. The lowest BCUT2D eigenvalue weighted by atomic mass is 10.0. The van der Waals surface area contributed by atoms with Gasteiger partial charge in [-0.25, -0.2) is 8.42 Å². The van der Waals surface area contributed by atoms with Crippen molar-refractivity contribution in [1.82, 2.24) is 14.9 Å². The fourth-order valence-electron chi connectivity index (χ4n) is 2.48. The predicted molar refractivity (Wildman–Crippen MR) is 97.1 cm³/mol. The zero-order valence-corrected chi connectivity index (χ0v) is 16.0. The average molecular weight is 375 g/mol. The molecule has 1 unspecified atom stereocenters. The molecule has 1 aliphatic heterocycles. The lowest BCUT2D eigenvalue weighted by molar-refractivity contribution is 0.0243. The van der Waals surface area contributed by atoms with E-state index in [0.717, 1.165) is 19.4 Å². The fourth-order valence-corrected chi connectivity index (χ4v) is 4.86. The van der Waals surface area contributed by atoms with Gasteiger partial charge < -0.3 is 15.4 Å². The van der Waals surface area contributed by atoms with Crippen LogP contribution in [0, 0.1) is 0 Å². The van der Waals surface area contributed by atoms with Crippen molar-refractivity contribution in [1.29, 1.82) is 0 Å². The molecule has 1 fully saturated rings. The largest absolute Gasteiger partial charge is 0.373 e. The normalized spacial score (nSPS) is 22.1. The van der Waals surface area contributed by atoms with E-state index in [2.05, 4.69) is 22.5 Å². The molecule has 1 aromatic heterocycles. The molecule has 0 bridgehead atoms. The molecule has 1 aliphatic rings. The van der Waals surface area contributed by atoms with E-state index in [9.17, 15) is 8.42 Å². The molecule has 136 valence electrons. The molecule has 0 aromatic carbocycles. The van der Waals surface area contributed by atoms with Crippen LogP contribution in [0.4, 0.5) is 0 Å². The Bertz CT molecular complexity index is 638. The number of hydrogen-bond acceptors (Lipinski definition) is 5. The van der Waals surface area contributed by atoms with Gasteiger partial charge in [-0.05, 0) is 31.2 Å². The van der Waals surface area contributed by atoms with Crippen molar-refractivity contribution in [3.8, 4) is 0 Å². The van der Waals surface area contributed by atoms with Gasteiger partial charge in [0, 0.05) is 40.3 Å². The third-order valence-corrected chi connectivity index (χ3v) is 7.26. The van der Waals surface area contributed by atoms with Crippen LogP contribution in [0.25, 0.3) is 0 Å². The fraction of sp³-hybridized carbons (Fsp3) is 0.667. The predicted octanol–water partition coefficient (Wildman–Crippen LogP) is 1.10. The standard InChI is InChI=1S/C15H26N4O3S2/c1-15(7-5-10-22-15)12-18-14(16-2)17-8-9-19(3)24(20,21)13-6-4-11-23-13/h4,6,11H,5,7-10,12H2,1-3H3,(H2,16,17,18). The minimum Gasteiger partial charge on any atom is -0.373 e. The number of thiophene rings is 1. The van der Waals surface area contributed by atoms with Crippen molar-refractivity contribution < 1.29 is 13.2 Å². The van der Waals surface area contributed by atoms with E-state index >= 15 is 0 Å². The van der Waals surface area contributed by atoms with Crippen LogP contribution in [-0.4, -0.2) is 64.6 Å². The van der Waals surface area contributed by atoms with Crippen molar-refractivity contribution in [3.63, 3.8) is 0 Å². The Hall–Kier alpha value is -1.16. The van der Waals surface area contributed by atoms with Gasteiger partial charge in [0.1, 0.15) is 4.21 Å². The summed E-state index contributed by atoms with van der Waals surface area (Å²) in [5.74, 6) is 0.647. The molecule has 0 radical (unpaired) electrons. The first-order valence-corrected chi connectivity index (χ1v) is 10.3. The highest BCUT2D eigenvalue weighted by Gasteiger charge is 2.29. The summed E-state index contributed by atoms with van der Waals surface area (Å²) in [6.07, 6.45) is 2.11. The zero-order valence-electron chi connectivity index (χ0n) is 14.4. The third-order valence-electron chi connectivity index (χ3n) is 4.03. The Balaban J connectivity index is 1.77. The molecular weight excluding hydrogens is 348 g/mol. The van der Waals surface area contributed by atoms with Crippen molar-refractivity contribution in [2.45, 2.75) is 29.6 Å². The molecule has 9 heteroatoms. The van der Waals surface area contributed by atoms with E-state index in [0.29, 0.717) is 29.8 Å². The van der Waals surface area contributed by atoms with Gasteiger partial charge in [0.05, 0.1) is 5.60 Å². The van der Waals surface area contributed by atoms with Crippen LogP contribution in [0.2, 0.25) is 0 Å². The molecule has 0 aliphatic carbocycles. The van der Waals surface area contributed by atoms with Gasteiger partial charge >= 0.3 is 0 Å². The smallest absolute Gasteiger partial charge is 0.252 e. The maximum atomic E-state index is 12.3. The van der Waals surface area contributed by atoms with Crippen LogP contribution in [0.5, 0.6) is 0 Å². The van der Waals surface area contributed by atoms with E-state index in [4.69, 9.17) is 4.74 Å². The molecule has 0 amide bonds. The Kier molecular flexibility index (Phi) is 6.62. The number of aliphatic imine (C=N–C) groups is 1. The Morgan fingerprint density at radius 2 is 2.29 bits per heavy atom. The van der Waals surface area contributed by atoms with E-state index in [1.54, 1.807) is 31.6 Å². The number of ether oxygens (including phenoxy) is 1. The van der Waals surface area contributed by atoms with Gasteiger partial charge in [-0.1, -0.05) is 6.07 Å². The summed E-state index contributed by atoms with van der Waals surface area (Å²) in [4.78, 5) is 4.16. The summed E-state index contributed by atoms with van der Waals surface area (Å²) in [5.41, 5.74) is -0.156. The first-order chi connectivity index (χ1) is 11.4. The van der Waals surface area contributed by atoms with Crippen molar-refractivity contribution in [3.05, 3.63) is 17.5 Å². The van der Waals surface area contributed by atoms with Gasteiger partial charge in [0.15, 0.2) is 5.96 Å². The summed E-state index contributed by atoms with van der Waals surface area (Å²) < 4.78 is 32.1. The molecule has 0 saturated carbocycles. The maximum absolute atomic E-state index is 12.3. The zero-order chi connectivity index (χ0) is 17.6. The second-order valence-corrected chi connectivity index (χ2v) is 9.23. The van der Waals surface area contributed by atoms with Crippen LogP contribution < -0.4 is 10.6 Å². The molecule has 1 atom stereocenters. The number of likely N-dealkylation sites (N-methyl/N-ethyl adjacent to an activating group) is 1. The van der Waals surface area contributed by atoms with E-state index in [-0.39, 0.29) is 5.60 Å². The molecule has 0 spiro atoms. The van der Waals surface area contributed by atoms with Gasteiger partial charge in [0.2, 0.25) is 0 Å². The van der Waals surface area contributed by atoms with Crippen molar-refractivity contribution >= 4 is 27.3 Å². The highest BCUT2D eigenvalue weighted by Crippen LogP contribution is 2.23. The van der Waals surface area contributed by atoms with E-state index in [1.807, 2.05) is 0 Å². The molecule has 2 N–H and O–H groups in total. The van der Waals surface area contributed by atoms with E-state index in [1.165, 1.54) is 15.6 Å². The minimum absolute atomic E-state index is 0.156. The van der Waals surface area contributed by atoms with Gasteiger partial charge in [-0.2, -0.15) is 4.31 Å². The molecule has 2 rings (SSSR count). The quantitative estimate of drug-likeness (QED) is 0.552. The third kappa shape index (κ3) is 4.92. The Morgan fingerprint density at radius 3 is 2.88 bits per heavy atom. The number of hydrogen-bond donors (Lipinski definition) is 2. The lowest BCUT2D eigenvalue weighted by Gasteiger charge is -2.25. The summed E-state index contributed by atoms with van der Waals surface area (Å²) in [6, 6.07) is 3.35. The topological polar surface area (TPSA) is 83.0 Å². The summed E-state index contributed by atoms with van der Waals surface area (Å²) in [6.45, 7) is 4.39. The van der Waals surface area contributed by atoms with Crippen LogP contribution in [0.1, 0.15) is 19.8 Å². The summed E-state index contributed by atoms with van der Waals surface area (Å²) in [5, 5.41) is 8.14. The first-order valence-electron chi connectivity index (χ1n) is 7.96. The highest BCUT2D eigenvalue weighted by molar-refractivity contribution is 7.91. The monoisotopic (exact) mass is 374 g/mol. The number of rotatable bonds is 7. The second kappa shape index (κ2) is 8.28. The second-order valence-electron chi connectivity index (χ2n) is 6.01. The van der Waals surface area contributed by atoms with Crippen LogP contribution in [0.3, 0.4) is 0 Å². The lowest BCUT2D eigenvalue weighted by Crippen LogP contribution is -2.47. The van der Waals surface area contributed by atoms with Crippen LogP contribution >= 0.6 is 11.3 Å². The minimum atomic E-state index is -3.40. The van der Waals surface area contributed by atoms with Crippen LogP contribution in [0.15, 0.2) is 26.7 Å². The number of guanidine groups is 1. The number of nitrogens with zero attached hydrogens (tertiary/aromatic N) is 2. The summed E-state index contributed by atoms with van der Waals surface area (Å²) >= 11 is 1.22. The maximum Gasteiger partial charge on any atom is 0.252 e. The molecular formula is C15H26N4O3S2. The van der Waals surface area contributed by atoms with Crippen molar-refractivity contribution in [2.75, 3.05) is 40.3 Å². The van der Waals surface area contributed by atoms with Crippen LogP contribution in [-0.2, 0) is 14.8 Å². The number of sulfonamides is 1. The summed E-state index contributed by atoms with van der Waals surface area (Å²) in [7, 11) is -0.127. The first kappa shape index (κ1) is 19.2. The highest BCUT2D eigenvalue weighted by atomic mass is 32.2. The molecule has 7 nitrogen and oxygen atoms in total. The molecule has 1 saturated heterocycles. The van der Waals surface area contributed by atoms with Gasteiger partial charge in [-0.15, -0.1) is 11.3 Å². The van der Waals surface area contributed by atoms with Gasteiger partial charge in [-0.3, -0.25) is 4.99 Å². The average Bonchev–Trinajstić information content (AvgIpc) is 3.22.